The molecule has 0 aromatic rings. The van der Waals surface area contributed by atoms with E-state index in [-0.39, 0.29) is 38.5 Å². The molecule has 21 heteroatoms. The largest absolute Gasteiger partial charge is 0.472 e. The van der Waals surface area contributed by atoms with Crippen LogP contribution in [0.5, 0.6) is 0 Å². The maximum Gasteiger partial charge on any atom is 0.472 e. The Bertz CT molecular complexity index is 1800. The lowest BCUT2D eigenvalue weighted by atomic mass is 9.83. The van der Waals surface area contributed by atoms with Gasteiger partial charge < -0.3 is 54.8 Å². The molecule has 0 radical (unpaired) electrons. The van der Waals surface area contributed by atoms with E-state index in [2.05, 4.69) is 43.4 Å². The molecule has 1 fully saturated rings. The molecule has 0 saturated heterocycles. The Labute approximate surface area is 432 Å². The molecule has 1 heterocycles. The summed E-state index contributed by atoms with van der Waals surface area (Å²) < 4.78 is 52.2. The van der Waals surface area contributed by atoms with Crippen molar-refractivity contribution in [3.8, 4) is 0 Å². The zero-order chi connectivity index (χ0) is 54.1. The maximum atomic E-state index is 13.9. The van der Waals surface area contributed by atoms with Crippen molar-refractivity contribution in [1.82, 2.24) is 0 Å². The molecule has 19 nitrogen and oxygen atoms in total. The fourth-order valence-electron chi connectivity index (χ4n) is 8.44. The number of esters is 2. The first-order valence-corrected chi connectivity index (χ1v) is 29.5. The minimum atomic E-state index is -5.80. The molecule has 1 aliphatic heterocycles. The van der Waals surface area contributed by atoms with Gasteiger partial charge in [-0.05, 0) is 70.6 Å². The van der Waals surface area contributed by atoms with Gasteiger partial charge in [0.1, 0.15) is 36.8 Å². The predicted octanol–water partition coefficient (Wildman–Crippen LogP) is 7.60. The Kier molecular flexibility index (Phi) is 34.5. The number of carbonyl (C=O) groups is 3. The van der Waals surface area contributed by atoms with Crippen LogP contribution >= 0.6 is 15.6 Å². The summed E-state index contributed by atoms with van der Waals surface area (Å²) in [5.41, 5.74) is 0. The smallest absolute Gasteiger partial charge is 0.462 e. The topological polar surface area (TPSA) is 314 Å². The van der Waals surface area contributed by atoms with E-state index >= 15 is 0 Å². The number of phosphoric acid groups is 2. The number of unbranched alkanes of at least 4 members (excludes halogenated alkanes) is 12. The van der Waals surface area contributed by atoms with Crippen molar-refractivity contribution in [3.63, 3.8) is 0 Å². The number of ketones is 1. The summed E-state index contributed by atoms with van der Waals surface area (Å²) in [5, 5.41) is 68.2. The van der Waals surface area contributed by atoms with E-state index in [0.29, 0.717) is 19.3 Å². The van der Waals surface area contributed by atoms with Gasteiger partial charge in [-0.3, -0.25) is 28.0 Å². The van der Waals surface area contributed by atoms with Gasteiger partial charge in [0.25, 0.3) is 0 Å². The highest BCUT2D eigenvalue weighted by atomic mass is 31.2. The molecule has 9 N–H and O–H groups in total. The van der Waals surface area contributed by atoms with E-state index in [4.69, 9.17) is 23.0 Å². The normalized spacial score (nSPS) is 29.8. The van der Waals surface area contributed by atoms with E-state index in [1.165, 1.54) is 31.8 Å². The van der Waals surface area contributed by atoms with E-state index in [9.17, 15) is 68.8 Å². The Morgan fingerprint density at radius 3 is 2.04 bits per heavy atom. The summed E-state index contributed by atoms with van der Waals surface area (Å²) in [6.07, 6.45) is 14.4. The standard InChI is InChI=1S/C52H88O19P2/c1-3-5-7-8-9-10-11-12-13-14-15-16-17-18-19-20-21-22-23-29-33-46(57)69-40-37-67-45(56)32-28-25-24-27-31-41-43(54)36-44(55)42(35-34-39(53)30-26-6-4-2)48(59)51(70-72(62,63)64)52(50(61)49(60)47(41)58)71-73(65,66)68-38-40/h10-11,13-14,16-17,24,27,34-35,39-43,47-54,58-61H,3-9,12,15,18-23,25-26,28-33,36-38H2,1-2H3,(H,65,66)(H2,62,63,64)/b11-10-,14-13-,17-16-,27-24-,35-34+/t39-,40+,41-,42-,43-,47+,48+,49-,50+,51+,52-/m0/s1. The predicted molar refractivity (Wildman–Crippen MR) is 274 cm³/mol. The molecule has 0 aromatic carbocycles. The van der Waals surface area contributed by atoms with E-state index in [1.54, 1.807) is 6.08 Å². The van der Waals surface area contributed by atoms with Crippen LogP contribution in [-0.4, -0.2) is 131 Å². The quantitative estimate of drug-likeness (QED) is 0.0165. The van der Waals surface area contributed by atoms with Gasteiger partial charge in [-0.15, -0.1) is 0 Å². The number of carbonyl (C=O) groups excluding carboxylic acids is 3. The summed E-state index contributed by atoms with van der Waals surface area (Å²) in [4.78, 5) is 70.8. The van der Waals surface area contributed by atoms with Crippen LogP contribution in [0.25, 0.3) is 0 Å². The number of ether oxygens (including phenoxy) is 2. The summed E-state index contributed by atoms with van der Waals surface area (Å²) in [6.45, 7) is 2.52. The minimum absolute atomic E-state index is 0.0529. The van der Waals surface area contributed by atoms with Crippen molar-refractivity contribution in [3.05, 3.63) is 60.8 Å². The second-order valence-corrected chi connectivity index (χ2v) is 21.6. The Morgan fingerprint density at radius 2 is 1.40 bits per heavy atom. The Balaban J connectivity index is 2.22. The number of Topliss-reactive ketones (excluding diaryl/α,β-unsaturated/α-hetero) is 1. The molecule has 2 bridgehead atoms. The summed E-state index contributed by atoms with van der Waals surface area (Å²) in [7, 11) is -11.5. The summed E-state index contributed by atoms with van der Waals surface area (Å²) >= 11 is 0. The number of hydrogen-bond donors (Lipinski definition) is 9. The monoisotopic (exact) mass is 1080 g/mol. The molecule has 0 aromatic heterocycles. The third-order valence-electron chi connectivity index (χ3n) is 12.7. The van der Waals surface area contributed by atoms with Gasteiger partial charge in [0, 0.05) is 25.2 Å². The van der Waals surface area contributed by atoms with Gasteiger partial charge in [0.15, 0.2) is 6.10 Å². The summed E-state index contributed by atoms with van der Waals surface area (Å²) in [5.74, 6) is -5.83. The first kappa shape index (κ1) is 66.4. The van der Waals surface area contributed by atoms with Crippen LogP contribution < -0.4 is 0 Å². The van der Waals surface area contributed by atoms with Crippen LogP contribution in [-0.2, 0) is 46.6 Å². The second-order valence-electron chi connectivity index (χ2n) is 19.0. The lowest BCUT2D eigenvalue weighted by Gasteiger charge is -2.38. The number of phosphoric ester groups is 2. The van der Waals surface area contributed by atoms with E-state index in [1.807, 2.05) is 6.92 Å². The van der Waals surface area contributed by atoms with Gasteiger partial charge in [0.05, 0.1) is 36.9 Å². The van der Waals surface area contributed by atoms with Crippen LogP contribution in [0, 0.1) is 11.8 Å². The maximum absolute atomic E-state index is 13.9. The number of rotatable bonds is 27. The molecular weight excluding hydrogens is 991 g/mol. The SMILES string of the molecule is CCCCCC/C=C\C/C=C\C/C=C\CCCCCCCCC(=O)O[C@@H]1COC(=O)CCC/C=C\C[C@@H]2[C@@H](O)[C@H](O)[C@@H](O)[C@H](OP(=O)(O)OC1)[C@H](OP(=O)(O)O)[C@H](O)[C@@H](/C=C/[C@@H](O)CCCCC)C(=O)C[C@@H]2O. The van der Waals surface area contributed by atoms with Crippen LogP contribution in [0.2, 0.25) is 0 Å². The molecule has 2 rings (SSSR count). The highest BCUT2D eigenvalue weighted by molar-refractivity contribution is 7.47. The van der Waals surface area contributed by atoms with Crippen molar-refractivity contribution >= 4 is 33.4 Å². The molecule has 12 atom stereocenters. The van der Waals surface area contributed by atoms with Gasteiger partial charge >= 0.3 is 27.6 Å². The minimum Gasteiger partial charge on any atom is -0.462 e. The molecular formula is C52H88O19P2. The van der Waals surface area contributed by atoms with Gasteiger partial charge in [-0.25, -0.2) is 9.13 Å². The average Bonchev–Trinajstić information content (AvgIpc) is 3.33. The highest BCUT2D eigenvalue weighted by Crippen LogP contribution is 2.49. The fourth-order valence-corrected chi connectivity index (χ4v) is 9.97. The molecule has 0 spiro atoms. The number of hydrogen-bond acceptors (Lipinski definition) is 16. The van der Waals surface area contributed by atoms with E-state index in [0.717, 1.165) is 76.4 Å². The lowest BCUT2D eigenvalue weighted by Crippen LogP contribution is -2.56. The number of aliphatic hydroxyl groups excluding tert-OH is 6. The van der Waals surface area contributed by atoms with Crippen LogP contribution in [0.1, 0.15) is 168 Å². The fraction of sp³-hybridized carbons (Fsp3) is 0.750. The van der Waals surface area contributed by atoms with Gasteiger partial charge in [0.2, 0.25) is 0 Å². The Morgan fingerprint density at radius 1 is 0.795 bits per heavy atom. The molecule has 2 aliphatic rings. The third kappa shape index (κ3) is 29.4. The van der Waals surface area contributed by atoms with Crippen LogP contribution in [0.15, 0.2) is 60.8 Å². The molecule has 1 aliphatic carbocycles. The molecule has 73 heavy (non-hydrogen) atoms. The van der Waals surface area contributed by atoms with Crippen molar-refractivity contribution in [2.75, 3.05) is 13.2 Å². The first-order valence-electron chi connectivity index (χ1n) is 26.4. The van der Waals surface area contributed by atoms with Crippen LogP contribution in [0.4, 0.5) is 0 Å². The zero-order valence-corrected chi connectivity index (χ0v) is 44.8. The molecule has 1 saturated carbocycles. The highest BCUT2D eigenvalue weighted by Gasteiger charge is 2.51. The second kappa shape index (κ2) is 37.9. The van der Waals surface area contributed by atoms with Gasteiger partial charge in [-0.1, -0.05) is 139 Å². The van der Waals surface area contributed by atoms with Crippen LogP contribution in [0.3, 0.4) is 0 Å². The van der Waals surface area contributed by atoms with E-state index < -0.39 is 120 Å². The molecule has 420 valence electrons. The van der Waals surface area contributed by atoms with Crippen molar-refractivity contribution < 1.29 is 91.9 Å². The molecule has 0 amide bonds. The van der Waals surface area contributed by atoms with Crippen molar-refractivity contribution in [1.29, 1.82) is 0 Å². The lowest BCUT2D eigenvalue weighted by molar-refractivity contribution is -0.165. The number of cyclic esters (lactones) is 1. The Hall–Kier alpha value is -2.71. The molecule has 1 unspecified atom stereocenters. The third-order valence-corrected chi connectivity index (χ3v) is 14.2. The average molecular weight is 1080 g/mol. The van der Waals surface area contributed by atoms with Crippen molar-refractivity contribution in [2.24, 2.45) is 11.8 Å². The van der Waals surface area contributed by atoms with Gasteiger partial charge in [-0.2, -0.15) is 0 Å². The number of aliphatic hydroxyl groups is 6. The number of fused-ring (bicyclic) bond motifs is 4. The summed E-state index contributed by atoms with van der Waals surface area (Å²) in [6, 6.07) is 0. The number of allylic oxidation sites excluding steroid dienone is 8. The first-order chi connectivity index (χ1) is 34.8. The zero-order valence-electron chi connectivity index (χ0n) is 43.0. The van der Waals surface area contributed by atoms with Crippen molar-refractivity contribution in [2.45, 2.75) is 223 Å².